The SMILES string of the molecule is CCC1CN(C(=O)Nc2ccc(Cl)cc2)c2ccc(-c3ccc([C@H]4CC[C@H](CC(=O)O)CC4)cc3)cc2O1. The maximum Gasteiger partial charge on any atom is 0.326 e. The van der Waals surface area contributed by atoms with Crippen LogP contribution >= 0.6 is 11.6 Å². The highest BCUT2D eigenvalue weighted by atomic mass is 35.5. The number of ether oxygens (including phenoxy) is 1. The standard InChI is InChI=1S/C31H33ClN2O4/c1-2-27-19-34(31(37)33-26-14-12-25(32)13-15-26)28-16-11-24(18-29(28)38-27)23-9-7-22(8-10-23)21-5-3-20(4-6-21)17-30(35)36/h7-16,18,20-21,27H,2-6,17,19H2,1H3,(H,33,37)(H,35,36)/t20-,21-,27?. The number of carbonyl (C=O) groups is 2. The molecule has 38 heavy (non-hydrogen) atoms. The first-order valence-electron chi connectivity index (χ1n) is 13.4. The molecule has 1 saturated carbocycles. The Morgan fingerprint density at radius 2 is 1.66 bits per heavy atom. The van der Waals surface area contributed by atoms with E-state index in [-0.39, 0.29) is 18.6 Å². The quantitative estimate of drug-likeness (QED) is 0.337. The number of halogens is 1. The molecule has 198 valence electrons. The van der Waals surface area contributed by atoms with Gasteiger partial charge < -0.3 is 15.2 Å². The monoisotopic (exact) mass is 532 g/mol. The van der Waals surface area contributed by atoms with E-state index in [9.17, 15) is 9.59 Å². The third-order valence-electron chi connectivity index (χ3n) is 7.75. The van der Waals surface area contributed by atoms with Gasteiger partial charge in [-0.05, 0) is 97.0 Å². The number of benzene rings is 3. The van der Waals surface area contributed by atoms with Gasteiger partial charge in [0.15, 0.2) is 0 Å². The van der Waals surface area contributed by atoms with Gasteiger partial charge in [0.05, 0.1) is 12.2 Å². The van der Waals surface area contributed by atoms with Crippen molar-refractivity contribution in [2.24, 2.45) is 5.92 Å². The molecule has 1 heterocycles. The van der Waals surface area contributed by atoms with Crippen molar-refractivity contribution < 1.29 is 19.4 Å². The Bertz CT molecular complexity index is 1280. The first-order chi connectivity index (χ1) is 18.4. The van der Waals surface area contributed by atoms with Crippen molar-refractivity contribution in [2.45, 2.75) is 57.5 Å². The van der Waals surface area contributed by atoms with E-state index in [1.165, 1.54) is 5.56 Å². The summed E-state index contributed by atoms with van der Waals surface area (Å²) in [6.45, 7) is 2.54. The number of urea groups is 1. The van der Waals surface area contributed by atoms with E-state index < -0.39 is 5.97 Å². The molecule has 1 atom stereocenters. The minimum Gasteiger partial charge on any atom is -0.486 e. The topological polar surface area (TPSA) is 78.9 Å². The second-order valence-electron chi connectivity index (χ2n) is 10.3. The van der Waals surface area contributed by atoms with Crippen LogP contribution in [0.2, 0.25) is 5.02 Å². The van der Waals surface area contributed by atoms with Gasteiger partial charge in [-0.1, -0.05) is 48.9 Å². The van der Waals surface area contributed by atoms with Crippen LogP contribution in [0.25, 0.3) is 11.1 Å². The largest absolute Gasteiger partial charge is 0.486 e. The molecule has 0 spiro atoms. The van der Waals surface area contributed by atoms with E-state index in [0.717, 1.165) is 48.9 Å². The first kappa shape index (κ1) is 26.1. The smallest absolute Gasteiger partial charge is 0.326 e. The van der Waals surface area contributed by atoms with E-state index >= 15 is 0 Å². The maximum absolute atomic E-state index is 13.2. The van der Waals surface area contributed by atoms with Crippen molar-refractivity contribution in [1.29, 1.82) is 0 Å². The number of carboxylic acids is 1. The lowest BCUT2D eigenvalue weighted by atomic mass is 9.77. The molecule has 1 aliphatic carbocycles. The Morgan fingerprint density at radius 3 is 2.32 bits per heavy atom. The fourth-order valence-electron chi connectivity index (χ4n) is 5.55. The number of anilines is 2. The Morgan fingerprint density at radius 1 is 0.974 bits per heavy atom. The average Bonchev–Trinajstić information content (AvgIpc) is 2.93. The summed E-state index contributed by atoms with van der Waals surface area (Å²) in [5.74, 6) is 0.798. The number of rotatable bonds is 6. The number of hydrogen-bond acceptors (Lipinski definition) is 3. The highest BCUT2D eigenvalue weighted by Crippen LogP contribution is 2.40. The van der Waals surface area contributed by atoms with Crippen molar-refractivity contribution in [3.63, 3.8) is 0 Å². The number of aliphatic carboxylic acids is 1. The number of nitrogens with one attached hydrogen (secondary N) is 1. The molecule has 0 saturated heterocycles. The lowest BCUT2D eigenvalue weighted by molar-refractivity contribution is -0.138. The van der Waals surface area contributed by atoms with Gasteiger partial charge in [0.1, 0.15) is 11.9 Å². The van der Waals surface area contributed by atoms with Gasteiger partial charge in [-0.15, -0.1) is 0 Å². The van der Waals surface area contributed by atoms with E-state index in [4.69, 9.17) is 21.4 Å². The number of nitrogens with zero attached hydrogens (tertiary/aromatic N) is 1. The molecular weight excluding hydrogens is 500 g/mol. The third kappa shape index (κ3) is 5.97. The minimum atomic E-state index is -0.692. The van der Waals surface area contributed by atoms with Crippen molar-refractivity contribution in [3.8, 4) is 16.9 Å². The van der Waals surface area contributed by atoms with Gasteiger partial charge in [0.2, 0.25) is 0 Å². The van der Waals surface area contributed by atoms with Gasteiger partial charge in [0, 0.05) is 17.1 Å². The van der Waals surface area contributed by atoms with Gasteiger partial charge in [-0.3, -0.25) is 9.69 Å². The maximum atomic E-state index is 13.2. The summed E-state index contributed by atoms with van der Waals surface area (Å²) in [6, 6.07) is 21.5. The highest BCUT2D eigenvalue weighted by Gasteiger charge is 2.30. The van der Waals surface area contributed by atoms with Crippen LogP contribution in [0, 0.1) is 5.92 Å². The predicted octanol–water partition coefficient (Wildman–Crippen LogP) is 7.97. The van der Waals surface area contributed by atoms with Crippen molar-refractivity contribution in [2.75, 3.05) is 16.8 Å². The second-order valence-corrected chi connectivity index (χ2v) is 10.8. The number of fused-ring (bicyclic) bond motifs is 1. The molecule has 1 aliphatic heterocycles. The van der Waals surface area contributed by atoms with Gasteiger partial charge >= 0.3 is 12.0 Å². The molecule has 0 aromatic heterocycles. The van der Waals surface area contributed by atoms with Crippen LogP contribution in [0.15, 0.2) is 66.7 Å². The van der Waals surface area contributed by atoms with Gasteiger partial charge in [-0.2, -0.15) is 0 Å². The van der Waals surface area contributed by atoms with Crippen LogP contribution in [0.1, 0.15) is 56.9 Å². The van der Waals surface area contributed by atoms with E-state index in [0.29, 0.717) is 34.8 Å². The lowest BCUT2D eigenvalue weighted by Gasteiger charge is -2.35. The Hall–Kier alpha value is -3.51. The molecule has 2 aliphatic rings. The van der Waals surface area contributed by atoms with E-state index in [2.05, 4.69) is 36.5 Å². The van der Waals surface area contributed by atoms with Crippen LogP contribution in [0.5, 0.6) is 5.75 Å². The lowest BCUT2D eigenvalue weighted by Crippen LogP contribution is -2.45. The summed E-state index contributed by atoms with van der Waals surface area (Å²) in [7, 11) is 0. The van der Waals surface area contributed by atoms with E-state index in [1.807, 2.05) is 18.2 Å². The van der Waals surface area contributed by atoms with Crippen molar-refractivity contribution in [1.82, 2.24) is 0 Å². The zero-order valence-corrected chi connectivity index (χ0v) is 22.3. The molecular formula is C31H33ClN2O4. The number of carboxylic acid groups (broad SMARTS) is 1. The summed E-state index contributed by atoms with van der Waals surface area (Å²) in [4.78, 5) is 26.0. The molecule has 2 N–H and O–H groups in total. The summed E-state index contributed by atoms with van der Waals surface area (Å²) in [6.07, 6.45) is 5.01. The summed E-state index contributed by atoms with van der Waals surface area (Å²) in [5, 5.41) is 12.6. The van der Waals surface area contributed by atoms with Gasteiger partial charge in [-0.25, -0.2) is 4.79 Å². The molecule has 3 aromatic carbocycles. The van der Waals surface area contributed by atoms with Gasteiger partial charge in [0.25, 0.3) is 0 Å². The fourth-order valence-corrected chi connectivity index (χ4v) is 5.68. The van der Waals surface area contributed by atoms with Crippen molar-refractivity contribution >= 4 is 35.0 Å². The Labute approximate surface area is 228 Å². The molecule has 1 unspecified atom stereocenters. The normalized spacial score (nSPS) is 20.8. The zero-order valence-electron chi connectivity index (χ0n) is 21.5. The first-order valence-corrected chi connectivity index (χ1v) is 13.7. The predicted molar refractivity (Wildman–Crippen MR) is 151 cm³/mol. The van der Waals surface area contributed by atoms with Crippen LogP contribution in [-0.2, 0) is 4.79 Å². The second kappa shape index (κ2) is 11.5. The number of carbonyl (C=O) groups excluding carboxylic acids is 1. The molecule has 5 rings (SSSR count). The average molecular weight is 533 g/mol. The Balaban J connectivity index is 1.31. The van der Waals surface area contributed by atoms with Crippen LogP contribution in [-0.4, -0.2) is 29.8 Å². The highest BCUT2D eigenvalue weighted by molar-refractivity contribution is 6.30. The van der Waals surface area contributed by atoms with E-state index in [1.54, 1.807) is 29.2 Å². The zero-order chi connectivity index (χ0) is 26.6. The van der Waals surface area contributed by atoms with Crippen molar-refractivity contribution in [3.05, 3.63) is 77.3 Å². The number of amides is 2. The fraction of sp³-hybridized carbons (Fsp3) is 0.355. The Kier molecular flexibility index (Phi) is 7.89. The summed E-state index contributed by atoms with van der Waals surface area (Å²) in [5.41, 5.74) is 4.88. The molecule has 2 amide bonds. The van der Waals surface area contributed by atoms with Crippen LogP contribution < -0.4 is 15.0 Å². The number of hydrogen-bond donors (Lipinski definition) is 2. The van der Waals surface area contributed by atoms with Crippen LogP contribution in [0.4, 0.5) is 16.2 Å². The van der Waals surface area contributed by atoms with Crippen LogP contribution in [0.3, 0.4) is 0 Å². The summed E-state index contributed by atoms with van der Waals surface area (Å²) < 4.78 is 6.27. The molecule has 1 fully saturated rings. The molecule has 3 aromatic rings. The third-order valence-corrected chi connectivity index (χ3v) is 8.00. The molecule has 0 radical (unpaired) electrons. The molecule has 0 bridgehead atoms. The molecule has 7 heteroatoms. The summed E-state index contributed by atoms with van der Waals surface area (Å²) >= 11 is 5.98. The minimum absolute atomic E-state index is 0.0904. The molecule has 6 nitrogen and oxygen atoms in total.